The van der Waals surface area contributed by atoms with E-state index in [1.165, 1.54) is 13.2 Å². The van der Waals surface area contributed by atoms with Gasteiger partial charge in [0, 0.05) is 24.6 Å². The number of nitrogens with zero attached hydrogens (tertiary/aromatic N) is 2. The zero-order chi connectivity index (χ0) is 14.5. The lowest BCUT2D eigenvalue weighted by atomic mass is 10.1. The molecule has 0 bridgehead atoms. The molecule has 106 valence electrons. The van der Waals surface area contributed by atoms with Gasteiger partial charge < -0.3 is 14.5 Å². The summed E-state index contributed by atoms with van der Waals surface area (Å²) in [4.78, 5) is 14.5. The van der Waals surface area contributed by atoms with Gasteiger partial charge in [-0.25, -0.2) is 4.98 Å². The SMILES string of the molecule is CNCCc1ncc(-c2ccc([N+](=O)[O-])c(OC)c2)o1. The number of oxazole rings is 1. The highest BCUT2D eigenvalue weighted by Crippen LogP contribution is 2.32. The van der Waals surface area contributed by atoms with Gasteiger partial charge in [-0.2, -0.15) is 0 Å². The molecule has 1 aromatic heterocycles. The van der Waals surface area contributed by atoms with Gasteiger partial charge in [0.2, 0.25) is 0 Å². The van der Waals surface area contributed by atoms with Crippen LogP contribution in [0.4, 0.5) is 5.69 Å². The van der Waals surface area contributed by atoms with E-state index >= 15 is 0 Å². The Morgan fingerprint density at radius 1 is 1.50 bits per heavy atom. The van der Waals surface area contributed by atoms with Crippen LogP contribution >= 0.6 is 0 Å². The summed E-state index contributed by atoms with van der Waals surface area (Å²) in [6.45, 7) is 0.767. The van der Waals surface area contributed by atoms with E-state index in [1.54, 1.807) is 18.3 Å². The normalized spacial score (nSPS) is 10.5. The molecule has 1 heterocycles. The molecule has 0 aliphatic heterocycles. The third-order valence-corrected chi connectivity index (χ3v) is 2.80. The molecule has 7 nitrogen and oxygen atoms in total. The standard InChI is InChI=1S/C13H15N3O4/c1-14-6-5-13-15-8-12(20-13)9-3-4-10(16(17)18)11(7-9)19-2/h3-4,7-8,14H,5-6H2,1-2H3. The van der Waals surface area contributed by atoms with Crippen molar-refractivity contribution < 1.29 is 14.1 Å². The predicted molar refractivity (Wildman–Crippen MR) is 72.8 cm³/mol. The Labute approximate surface area is 115 Å². The molecule has 0 fully saturated rings. The van der Waals surface area contributed by atoms with Gasteiger partial charge in [-0.05, 0) is 19.2 Å². The number of methoxy groups -OCH3 is 1. The number of likely N-dealkylation sites (N-methyl/N-ethyl adjacent to an activating group) is 1. The number of nitro benzene ring substituents is 1. The Hall–Kier alpha value is -2.41. The summed E-state index contributed by atoms with van der Waals surface area (Å²) < 4.78 is 10.6. The third kappa shape index (κ3) is 2.94. The maximum atomic E-state index is 10.8. The molecule has 20 heavy (non-hydrogen) atoms. The molecule has 0 aliphatic carbocycles. The van der Waals surface area contributed by atoms with Crippen molar-refractivity contribution in [1.82, 2.24) is 10.3 Å². The van der Waals surface area contributed by atoms with Gasteiger partial charge in [0.05, 0.1) is 18.2 Å². The molecule has 1 aromatic carbocycles. The number of benzene rings is 1. The van der Waals surface area contributed by atoms with Crippen LogP contribution in [0.5, 0.6) is 5.75 Å². The summed E-state index contributed by atoms with van der Waals surface area (Å²) >= 11 is 0. The van der Waals surface area contributed by atoms with Crippen LogP contribution in [0.25, 0.3) is 11.3 Å². The zero-order valence-corrected chi connectivity index (χ0v) is 11.3. The van der Waals surface area contributed by atoms with E-state index in [2.05, 4.69) is 10.3 Å². The lowest BCUT2D eigenvalue weighted by Gasteiger charge is -2.03. The fourth-order valence-electron chi connectivity index (χ4n) is 1.77. The van der Waals surface area contributed by atoms with Gasteiger partial charge in [-0.1, -0.05) is 0 Å². The number of ether oxygens (including phenoxy) is 1. The molecular formula is C13H15N3O4. The second-order valence-electron chi connectivity index (χ2n) is 4.12. The minimum absolute atomic E-state index is 0.0776. The molecule has 0 spiro atoms. The number of hydrogen-bond donors (Lipinski definition) is 1. The highest BCUT2D eigenvalue weighted by atomic mass is 16.6. The van der Waals surface area contributed by atoms with Gasteiger partial charge in [0.1, 0.15) is 0 Å². The maximum Gasteiger partial charge on any atom is 0.310 e. The van der Waals surface area contributed by atoms with Crippen LogP contribution in [0.1, 0.15) is 5.89 Å². The quantitative estimate of drug-likeness (QED) is 0.641. The van der Waals surface area contributed by atoms with Crippen LogP contribution in [-0.2, 0) is 6.42 Å². The summed E-state index contributed by atoms with van der Waals surface area (Å²) in [6.07, 6.45) is 2.28. The van der Waals surface area contributed by atoms with Crippen LogP contribution in [-0.4, -0.2) is 30.6 Å². The van der Waals surface area contributed by atoms with E-state index < -0.39 is 4.92 Å². The Bertz CT molecular complexity index is 609. The molecule has 0 aliphatic rings. The topological polar surface area (TPSA) is 90.4 Å². The van der Waals surface area contributed by atoms with E-state index in [0.29, 0.717) is 23.6 Å². The minimum Gasteiger partial charge on any atom is -0.490 e. The van der Waals surface area contributed by atoms with E-state index in [9.17, 15) is 10.1 Å². The first kappa shape index (κ1) is 14.0. The van der Waals surface area contributed by atoms with Gasteiger partial charge in [0.25, 0.3) is 0 Å². The highest BCUT2D eigenvalue weighted by molar-refractivity contribution is 5.63. The van der Waals surface area contributed by atoms with Crippen molar-refractivity contribution in [2.45, 2.75) is 6.42 Å². The first-order valence-corrected chi connectivity index (χ1v) is 6.07. The van der Waals surface area contributed by atoms with E-state index in [-0.39, 0.29) is 11.4 Å². The molecule has 0 saturated carbocycles. The van der Waals surface area contributed by atoms with Crippen molar-refractivity contribution in [3.8, 4) is 17.1 Å². The first-order valence-electron chi connectivity index (χ1n) is 6.07. The van der Waals surface area contributed by atoms with E-state index in [0.717, 1.165) is 6.54 Å². The molecule has 0 saturated heterocycles. The maximum absolute atomic E-state index is 10.8. The Balaban J connectivity index is 2.28. The molecule has 2 aromatic rings. The average Bonchev–Trinajstić information content (AvgIpc) is 2.93. The van der Waals surface area contributed by atoms with Gasteiger partial charge in [-0.15, -0.1) is 0 Å². The lowest BCUT2D eigenvalue weighted by Crippen LogP contribution is -2.10. The van der Waals surface area contributed by atoms with Crippen molar-refractivity contribution in [3.05, 3.63) is 40.4 Å². The fourth-order valence-corrected chi connectivity index (χ4v) is 1.77. The molecular weight excluding hydrogens is 262 g/mol. The van der Waals surface area contributed by atoms with Crippen molar-refractivity contribution in [3.63, 3.8) is 0 Å². The third-order valence-electron chi connectivity index (χ3n) is 2.80. The molecule has 7 heteroatoms. The molecule has 0 atom stereocenters. The number of aromatic nitrogens is 1. The van der Waals surface area contributed by atoms with E-state index in [4.69, 9.17) is 9.15 Å². The van der Waals surface area contributed by atoms with Crippen LogP contribution in [0.2, 0.25) is 0 Å². The Kier molecular flexibility index (Phi) is 4.31. The van der Waals surface area contributed by atoms with Crippen LogP contribution in [0.3, 0.4) is 0 Å². The van der Waals surface area contributed by atoms with Crippen LogP contribution < -0.4 is 10.1 Å². The Morgan fingerprint density at radius 3 is 2.95 bits per heavy atom. The molecule has 0 radical (unpaired) electrons. The average molecular weight is 277 g/mol. The van der Waals surface area contributed by atoms with Crippen LogP contribution in [0.15, 0.2) is 28.8 Å². The highest BCUT2D eigenvalue weighted by Gasteiger charge is 2.16. The lowest BCUT2D eigenvalue weighted by molar-refractivity contribution is -0.385. The Morgan fingerprint density at radius 2 is 2.30 bits per heavy atom. The second kappa shape index (κ2) is 6.16. The van der Waals surface area contributed by atoms with Crippen molar-refractivity contribution in [2.75, 3.05) is 20.7 Å². The van der Waals surface area contributed by atoms with E-state index in [1.807, 2.05) is 7.05 Å². The summed E-state index contributed by atoms with van der Waals surface area (Å²) in [5.74, 6) is 1.37. The monoisotopic (exact) mass is 277 g/mol. The number of hydrogen-bond acceptors (Lipinski definition) is 6. The van der Waals surface area contributed by atoms with Gasteiger partial charge >= 0.3 is 5.69 Å². The summed E-state index contributed by atoms with van der Waals surface area (Å²) in [5.41, 5.74) is 0.613. The van der Waals surface area contributed by atoms with Crippen molar-refractivity contribution >= 4 is 5.69 Å². The van der Waals surface area contributed by atoms with Gasteiger partial charge in [0.15, 0.2) is 17.4 Å². The fraction of sp³-hybridized carbons (Fsp3) is 0.308. The minimum atomic E-state index is -0.485. The zero-order valence-electron chi connectivity index (χ0n) is 11.3. The van der Waals surface area contributed by atoms with Gasteiger partial charge in [-0.3, -0.25) is 10.1 Å². The first-order chi connectivity index (χ1) is 9.65. The number of nitro groups is 1. The summed E-state index contributed by atoms with van der Waals surface area (Å²) in [5, 5.41) is 13.8. The van der Waals surface area contributed by atoms with Crippen LogP contribution in [0, 0.1) is 10.1 Å². The number of nitrogens with one attached hydrogen (secondary N) is 1. The second-order valence-corrected chi connectivity index (χ2v) is 4.12. The smallest absolute Gasteiger partial charge is 0.310 e. The van der Waals surface area contributed by atoms with Crippen molar-refractivity contribution in [2.24, 2.45) is 0 Å². The molecule has 1 N–H and O–H groups in total. The molecule has 0 amide bonds. The number of rotatable bonds is 6. The summed E-state index contributed by atoms with van der Waals surface area (Å²) in [6, 6.07) is 4.58. The molecule has 2 rings (SSSR count). The predicted octanol–water partition coefficient (Wildman–Crippen LogP) is 2.02. The largest absolute Gasteiger partial charge is 0.490 e. The molecule has 0 unspecified atom stereocenters. The van der Waals surface area contributed by atoms with Crippen molar-refractivity contribution in [1.29, 1.82) is 0 Å². The summed E-state index contributed by atoms with van der Waals surface area (Å²) in [7, 11) is 3.25.